The highest BCUT2D eigenvalue weighted by Crippen LogP contribution is 2.16. The molecule has 1 rings (SSSR count). The van der Waals surface area contributed by atoms with Gasteiger partial charge in [-0.15, -0.1) is 11.8 Å². The van der Waals surface area contributed by atoms with Crippen molar-refractivity contribution in [3.63, 3.8) is 0 Å². The van der Waals surface area contributed by atoms with Crippen LogP contribution in [0, 0.1) is 6.20 Å². The fourth-order valence-electron chi connectivity index (χ4n) is 0.234. The van der Waals surface area contributed by atoms with E-state index in [2.05, 4.69) is 22.3 Å². The minimum absolute atomic E-state index is 0.986. The van der Waals surface area contributed by atoms with E-state index in [1.54, 1.807) is 11.8 Å². The van der Waals surface area contributed by atoms with E-state index in [4.69, 9.17) is 0 Å². The Balaban J connectivity index is 2.38. The second-order valence-corrected chi connectivity index (χ2v) is 2.59. The Morgan fingerprint density at radius 2 is 2.83 bits per heavy atom. The van der Waals surface area contributed by atoms with Crippen LogP contribution in [0.25, 0.3) is 0 Å². The van der Waals surface area contributed by atoms with Crippen molar-refractivity contribution in [2.45, 2.75) is 0 Å². The lowest BCUT2D eigenvalue weighted by Crippen LogP contribution is -1.93. The van der Waals surface area contributed by atoms with Crippen molar-refractivity contribution in [2.75, 3.05) is 5.88 Å². The first-order valence-electron chi connectivity index (χ1n) is 1.52. The lowest BCUT2D eigenvalue weighted by Gasteiger charge is -1.95. The fraction of sp³-hybridized carbons (Fsp3) is 0.333. The minimum atomic E-state index is 0.986. The summed E-state index contributed by atoms with van der Waals surface area (Å²) in [5.41, 5.74) is 0. The Labute approximate surface area is 49.7 Å². The van der Waals surface area contributed by atoms with Crippen LogP contribution in [-0.4, -0.2) is 9.80 Å². The predicted octanol–water partition coefficient (Wildman–Crippen LogP) is 1.58. The molecule has 0 aromatic rings. The quantitative estimate of drug-likeness (QED) is 0.501. The van der Waals surface area contributed by atoms with Crippen molar-refractivity contribution in [3.8, 4) is 0 Å². The molecule has 1 aliphatic rings. The summed E-state index contributed by atoms with van der Waals surface area (Å²) in [7, 11) is 0. The summed E-state index contributed by atoms with van der Waals surface area (Å²) in [5, 5.41) is 1.93. The first-order chi connectivity index (χ1) is 2.89. The van der Waals surface area contributed by atoms with Crippen molar-refractivity contribution in [3.05, 3.63) is 11.6 Å². The molecule has 3 heteroatoms. The molecule has 0 fully saturated rings. The predicted molar refractivity (Wildman–Crippen MR) is 31.0 cm³/mol. The van der Waals surface area contributed by atoms with Crippen LogP contribution in [0.15, 0.2) is 5.41 Å². The Kier molecular flexibility index (Phi) is 1.42. The second-order valence-electron chi connectivity index (χ2n) is 0.905. The molecule has 0 atom stereocenters. The van der Waals surface area contributed by atoms with E-state index in [0.717, 1.165) is 5.88 Å². The zero-order chi connectivity index (χ0) is 4.41. The van der Waals surface area contributed by atoms with Gasteiger partial charge >= 0.3 is 0 Å². The first kappa shape index (κ1) is 4.53. The van der Waals surface area contributed by atoms with Gasteiger partial charge in [0.05, 0.1) is 28.2 Å². The number of rotatable bonds is 0. The molecule has 1 radical (unpaired) electrons. The molecule has 33 valence electrons. The van der Waals surface area contributed by atoms with Crippen LogP contribution in [0.5, 0.6) is 0 Å². The highest BCUT2D eigenvalue weighted by atomic mass is 79.9. The average molecular weight is 165 g/mol. The van der Waals surface area contributed by atoms with Gasteiger partial charge in [-0.25, -0.2) is 0 Å². The van der Waals surface area contributed by atoms with E-state index in [9.17, 15) is 0 Å². The summed E-state index contributed by atoms with van der Waals surface area (Å²) >= 11 is 4.93. The third-order valence-electron chi connectivity index (χ3n) is 0.464. The van der Waals surface area contributed by atoms with Crippen LogP contribution in [0.4, 0.5) is 0 Å². The van der Waals surface area contributed by atoms with Crippen molar-refractivity contribution < 1.29 is 0 Å². The zero-order valence-corrected chi connectivity index (χ0v) is 5.42. The SMILES string of the molecule is BrN1[C]=CSC1. The van der Waals surface area contributed by atoms with Crippen molar-refractivity contribution in [1.29, 1.82) is 0 Å². The number of thioether (sulfide) groups is 1. The largest absolute Gasteiger partial charge is 0.296 e. The van der Waals surface area contributed by atoms with Crippen molar-refractivity contribution in [2.24, 2.45) is 0 Å². The fourth-order valence-corrected chi connectivity index (χ4v) is 1.31. The van der Waals surface area contributed by atoms with Gasteiger partial charge in [0, 0.05) is 0 Å². The molecular weight excluding hydrogens is 162 g/mol. The molecule has 0 bridgehead atoms. The van der Waals surface area contributed by atoms with E-state index >= 15 is 0 Å². The van der Waals surface area contributed by atoms with Crippen LogP contribution >= 0.6 is 27.9 Å². The summed E-state index contributed by atoms with van der Waals surface area (Å²) in [6, 6.07) is 0. The van der Waals surface area contributed by atoms with Crippen LogP contribution < -0.4 is 0 Å². The van der Waals surface area contributed by atoms with Gasteiger partial charge < -0.3 is 0 Å². The monoisotopic (exact) mass is 164 g/mol. The van der Waals surface area contributed by atoms with Gasteiger partial charge in [0.1, 0.15) is 0 Å². The molecule has 0 amide bonds. The molecule has 0 aromatic heterocycles. The first-order valence-corrected chi connectivity index (χ1v) is 3.28. The lowest BCUT2D eigenvalue weighted by molar-refractivity contribution is 0.757. The third-order valence-corrected chi connectivity index (χ3v) is 1.93. The molecule has 6 heavy (non-hydrogen) atoms. The van der Waals surface area contributed by atoms with E-state index in [0.29, 0.717) is 0 Å². The Morgan fingerprint density at radius 3 is 3.00 bits per heavy atom. The molecule has 0 saturated heterocycles. The normalized spacial score (nSPS) is 19.8. The van der Waals surface area contributed by atoms with Gasteiger partial charge in [0.25, 0.3) is 0 Å². The maximum absolute atomic E-state index is 3.21. The Bertz CT molecular complexity index is 73.2. The van der Waals surface area contributed by atoms with Crippen LogP contribution in [-0.2, 0) is 0 Å². The molecule has 0 saturated carbocycles. The summed E-state index contributed by atoms with van der Waals surface area (Å²) in [4.78, 5) is 0. The van der Waals surface area contributed by atoms with Crippen LogP contribution in [0.1, 0.15) is 0 Å². The van der Waals surface area contributed by atoms with E-state index in [1.165, 1.54) is 0 Å². The van der Waals surface area contributed by atoms with Crippen molar-refractivity contribution in [1.82, 2.24) is 3.93 Å². The molecule has 0 unspecified atom stereocenters. The average Bonchev–Trinajstić information content (AvgIpc) is 1.86. The van der Waals surface area contributed by atoms with E-state index in [-0.39, 0.29) is 0 Å². The molecule has 0 N–H and O–H groups in total. The van der Waals surface area contributed by atoms with Crippen LogP contribution in [0.2, 0.25) is 0 Å². The highest BCUT2D eigenvalue weighted by Gasteiger charge is 1.97. The maximum Gasteiger partial charge on any atom is 0.0793 e. The van der Waals surface area contributed by atoms with Gasteiger partial charge in [-0.05, 0) is 5.41 Å². The maximum atomic E-state index is 3.21. The van der Waals surface area contributed by atoms with E-state index in [1.807, 2.05) is 9.33 Å². The number of halogens is 1. The Hall–Kier alpha value is 0.370. The van der Waals surface area contributed by atoms with Gasteiger partial charge in [-0.1, -0.05) is 0 Å². The summed E-state index contributed by atoms with van der Waals surface area (Å²) in [6.07, 6.45) is 2.91. The molecule has 1 aliphatic heterocycles. The van der Waals surface area contributed by atoms with E-state index < -0.39 is 0 Å². The molecule has 0 aromatic carbocycles. The summed E-state index contributed by atoms with van der Waals surface area (Å²) in [5.74, 6) is 0.986. The highest BCUT2D eigenvalue weighted by molar-refractivity contribution is 9.07. The zero-order valence-electron chi connectivity index (χ0n) is 3.02. The minimum Gasteiger partial charge on any atom is -0.296 e. The Morgan fingerprint density at radius 1 is 2.00 bits per heavy atom. The van der Waals surface area contributed by atoms with Gasteiger partial charge in [-0.2, -0.15) is 0 Å². The molecule has 1 heterocycles. The van der Waals surface area contributed by atoms with Gasteiger partial charge in [0.15, 0.2) is 0 Å². The third kappa shape index (κ3) is 0.914. The van der Waals surface area contributed by atoms with Crippen molar-refractivity contribution >= 4 is 27.9 Å². The van der Waals surface area contributed by atoms with Gasteiger partial charge in [0.2, 0.25) is 0 Å². The lowest BCUT2D eigenvalue weighted by atomic mass is 11.0. The van der Waals surface area contributed by atoms with Gasteiger partial charge in [-0.3, -0.25) is 3.93 Å². The molecule has 0 aliphatic carbocycles. The number of nitrogens with zero attached hydrogens (tertiary/aromatic N) is 1. The molecular formula is C3H3BrNS. The van der Waals surface area contributed by atoms with Crippen LogP contribution in [0.3, 0.4) is 0 Å². The molecule has 1 nitrogen and oxygen atoms in total. The smallest absolute Gasteiger partial charge is 0.0793 e. The summed E-state index contributed by atoms with van der Waals surface area (Å²) in [6.45, 7) is 0. The second kappa shape index (κ2) is 1.89. The topological polar surface area (TPSA) is 3.24 Å². The standard InChI is InChI=1S/C3H3BrNS/c4-5-1-2-6-3-5/h2H,3H2. The summed E-state index contributed by atoms with van der Waals surface area (Å²) < 4.78 is 1.83. The molecule has 0 spiro atoms. The number of hydrogen-bond acceptors (Lipinski definition) is 2. The number of hydrogen-bond donors (Lipinski definition) is 0.